The molecule has 1 aliphatic heterocycles. The van der Waals surface area contributed by atoms with Gasteiger partial charge in [-0.1, -0.05) is 13.3 Å². The van der Waals surface area contributed by atoms with E-state index in [1.165, 1.54) is 12.8 Å². The molecule has 1 rings (SSSR count). The molecule has 0 radical (unpaired) electrons. The third-order valence-corrected chi connectivity index (χ3v) is 2.20. The van der Waals surface area contributed by atoms with Crippen LogP contribution in [0.2, 0.25) is 0 Å². The van der Waals surface area contributed by atoms with Crippen molar-refractivity contribution >= 4 is 0 Å². The molecule has 1 heterocycles. The van der Waals surface area contributed by atoms with E-state index < -0.39 is 0 Å². The number of nitrogens with one attached hydrogen (secondary N) is 1. The molecular weight excluding hydrogens is 112 g/mol. The Labute approximate surface area is 56.8 Å². The lowest BCUT2D eigenvalue weighted by Gasteiger charge is -2.28. The van der Waals surface area contributed by atoms with Crippen molar-refractivity contribution in [2.75, 3.05) is 13.1 Å². The summed E-state index contributed by atoms with van der Waals surface area (Å²) >= 11 is 0. The Bertz CT molecular complexity index is 83.0. The Hall–Kier alpha value is -0.0800. The summed E-state index contributed by atoms with van der Waals surface area (Å²) < 4.78 is 0. The minimum atomic E-state index is 0.406. The fraction of sp³-hybridized carbons (Fsp3) is 1.00. The number of rotatable bonds is 1. The quantitative estimate of drug-likeness (QED) is 0.534. The van der Waals surface area contributed by atoms with Crippen molar-refractivity contribution in [2.24, 2.45) is 11.7 Å². The summed E-state index contributed by atoms with van der Waals surface area (Å²) in [6.45, 7) is 4.39. The maximum atomic E-state index is 5.83. The van der Waals surface area contributed by atoms with Crippen LogP contribution in [0.4, 0.5) is 0 Å². The van der Waals surface area contributed by atoms with Gasteiger partial charge in [-0.15, -0.1) is 0 Å². The molecule has 0 aromatic rings. The first-order chi connectivity index (χ1) is 4.34. The Balaban J connectivity index is 2.30. The van der Waals surface area contributed by atoms with Gasteiger partial charge in [0.25, 0.3) is 0 Å². The Kier molecular flexibility index (Phi) is 2.49. The maximum absolute atomic E-state index is 5.83. The first kappa shape index (κ1) is 7.03. The molecule has 1 saturated heterocycles. The highest BCUT2D eigenvalue weighted by molar-refractivity contribution is 4.79. The van der Waals surface area contributed by atoms with E-state index in [-0.39, 0.29) is 0 Å². The van der Waals surface area contributed by atoms with Crippen LogP contribution in [0.1, 0.15) is 19.8 Å². The van der Waals surface area contributed by atoms with Gasteiger partial charge in [-0.2, -0.15) is 0 Å². The van der Waals surface area contributed by atoms with Crippen molar-refractivity contribution in [3.8, 4) is 0 Å². The van der Waals surface area contributed by atoms with Crippen LogP contribution in [0.5, 0.6) is 0 Å². The van der Waals surface area contributed by atoms with Crippen LogP contribution in [-0.4, -0.2) is 19.1 Å². The predicted molar refractivity (Wildman–Crippen MR) is 39.2 cm³/mol. The monoisotopic (exact) mass is 128 g/mol. The van der Waals surface area contributed by atoms with Crippen molar-refractivity contribution in [2.45, 2.75) is 25.8 Å². The van der Waals surface area contributed by atoms with Gasteiger partial charge in [0.15, 0.2) is 0 Å². The average molecular weight is 128 g/mol. The lowest BCUT2D eigenvalue weighted by Crippen LogP contribution is -2.45. The van der Waals surface area contributed by atoms with Gasteiger partial charge in [0.05, 0.1) is 0 Å². The minimum Gasteiger partial charge on any atom is -0.326 e. The summed E-state index contributed by atoms with van der Waals surface area (Å²) in [4.78, 5) is 0. The molecule has 0 aliphatic carbocycles. The molecule has 54 valence electrons. The minimum absolute atomic E-state index is 0.406. The summed E-state index contributed by atoms with van der Waals surface area (Å²) in [7, 11) is 0. The second-order valence-electron chi connectivity index (χ2n) is 2.82. The van der Waals surface area contributed by atoms with Crippen LogP contribution in [0, 0.1) is 5.92 Å². The highest BCUT2D eigenvalue weighted by Gasteiger charge is 2.18. The van der Waals surface area contributed by atoms with Crippen LogP contribution in [0.3, 0.4) is 0 Å². The fourth-order valence-corrected chi connectivity index (χ4v) is 1.44. The summed E-state index contributed by atoms with van der Waals surface area (Å²) in [5, 5.41) is 3.27. The Morgan fingerprint density at radius 1 is 1.67 bits per heavy atom. The van der Waals surface area contributed by atoms with E-state index >= 15 is 0 Å². The molecule has 0 bridgehead atoms. The predicted octanol–water partition coefficient (Wildman–Crippen LogP) is 0.333. The van der Waals surface area contributed by atoms with E-state index in [1.54, 1.807) is 0 Å². The molecule has 2 heteroatoms. The molecule has 0 aromatic carbocycles. The van der Waals surface area contributed by atoms with E-state index in [9.17, 15) is 0 Å². The third-order valence-electron chi connectivity index (χ3n) is 2.20. The normalized spacial score (nSPS) is 36.7. The van der Waals surface area contributed by atoms with Gasteiger partial charge in [0, 0.05) is 12.6 Å². The largest absolute Gasteiger partial charge is 0.326 e. The molecule has 9 heavy (non-hydrogen) atoms. The first-order valence-electron chi connectivity index (χ1n) is 3.81. The Morgan fingerprint density at radius 3 is 2.89 bits per heavy atom. The van der Waals surface area contributed by atoms with E-state index in [1.807, 2.05) is 0 Å². The first-order valence-corrected chi connectivity index (χ1v) is 3.81. The van der Waals surface area contributed by atoms with E-state index in [0.717, 1.165) is 19.0 Å². The average Bonchev–Trinajstić information content (AvgIpc) is 1.89. The van der Waals surface area contributed by atoms with Gasteiger partial charge in [-0.25, -0.2) is 0 Å². The smallest absolute Gasteiger partial charge is 0.0194 e. The van der Waals surface area contributed by atoms with Crippen LogP contribution < -0.4 is 11.1 Å². The molecule has 1 aliphatic rings. The summed E-state index contributed by atoms with van der Waals surface area (Å²) in [5.41, 5.74) is 5.83. The Morgan fingerprint density at radius 2 is 2.44 bits per heavy atom. The molecule has 0 spiro atoms. The van der Waals surface area contributed by atoms with E-state index in [2.05, 4.69) is 12.2 Å². The van der Waals surface area contributed by atoms with Gasteiger partial charge >= 0.3 is 0 Å². The van der Waals surface area contributed by atoms with Gasteiger partial charge in [0.1, 0.15) is 0 Å². The van der Waals surface area contributed by atoms with Gasteiger partial charge < -0.3 is 11.1 Å². The van der Waals surface area contributed by atoms with E-state index in [0.29, 0.717) is 6.04 Å². The second kappa shape index (κ2) is 3.18. The summed E-state index contributed by atoms with van der Waals surface area (Å²) in [6.07, 6.45) is 2.50. The highest BCUT2D eigenvalue weighted by Crippen LogP contribution is 2.13. The van der Waals surface area contributed by atoms with E-state index in [4.69, 9.17) is 5.73 Å². The van der Waals surface area contributed by atoms with Crippen molar-refractivity contribution in [3.63, 3.8) is 0 Å². The molecular formula is C7H16N2. The molecule has 0 unspecified atom stereocenters. The third kappa shape index (κ3) is 1.66. The molecule has 0 amide bonds. The van der Waals surface area contributed by atoms with Gasteiger partial charge in [-0.05, 0) is 18.9 Å². The van der Waals surface area contributed by atoms with Gasteiger partial charge in [-0.3, -0.25) is 0 Å². The lowest BCUT2D eigenvalue weighted by atomic mass is 9.91. The number of nitrogens with two attached hydrogens (primary N) is 1. The summed E-state index contributed by atoms with van der Waals surface area (Å²) in [6, 6.07) is 0.406. The summed E-state index contributed by atoms with van der Waals surface area (Å²) in [5.74, 6) is 0.770. The highest BCUT2D eigenvalue weighted by atomic mass is 14.9. The van der Waals surface area contributed by atoms with Crippen molar-refractivity contribution in [3.05, 3.63) is 0 Å². The second-order valence-corrected chi connectivity index (χ2v) is 2.82. The van der Waals surface area contributed by atoms with Gasteiger partial charge in [0.2, 0.25) is 0 Å². The molecule has 0 aromatic heterocycles. The standard InChI is InChI=1S/C7H16N2/c1-2-6-3-4-9-5-7(6)8/h6-7,9H,2-5,8H2,1H3/t6-,7-/m1/s1. The van der Waals surface area contributed by atoms with Crippen LogP contribution in [0.15, 0.2) is 0 Å². The topological polar surface area (TPSA) is 38.0 Å². The number of hydrogen-bond acceptors (Lipinski definition) is 2. The zero-order valence-corrected chi connectivity index (χ0v) is 6.06. The van der Waals surface area contributed by atoms with Crippen molar-refractivity contribution in [1.29, 1.82) is 0 Å². The fourth-order valence-electron chi connectivity index (χ4n) is 1.44. The van der Waals surface area contributed by atoms with Crippen molar-refractivity contribution in [1.82, 2.24) is 5.32 Å². The SMILES string of the molecule is CC[C@@H]1CCNC[C@H]1N. The zero-order valence-electron chi connectivity index (χ0n) is 6.06. The zero-order chi connectivity index (χ0) is 6.69. The van der Waals surface area contributed by atoms with Crippen LogP contribution >= 0.6 is 0 Å². The van der Waals surface area contributed by atoms with Crippen LogP contribution in [-0.2, 0) is 0 Å². The van der Waals surface area contributed by atoms with Crippen LogP contribution in [0.25, 0.3) is 0 Å². The molecule has 1 fully saturated rings. The lowest BCUT2D eigenvalue weighted by molar-refractivity contribution is 0.316. The molecule has 0 saturated carbocycles. The molecule has 2 nitrogen and oxygen atoms in total. The molecule has 3 N–H and O–H groups in total. The number of piperidine rings is 1. The van der Waals surface area contributed by atoms with Crippen molar-refractivity contribution < 1.29 is 0 Å². The maximum Gasteiger partial charge on any atom is 0.0194 e. The molecule has 2 atom stereocenters. The number of hydrogen-bond donors (Lipinski definition) is 2.